The number of nitro groups is 1. The molecule has 0 aliphatic heterocycles. The van der Waals surface area contributed by atoms with E-state index in [0.717, 1.165) is 0 Å². The lowest BCUT2D eigenvalue weighted by Gasteiger charge is -1.99. The monoisotopic (exact) mass is 224 g/mol. The van der Waals surface area contributed by atoms with Gasteiger partial charge in [-0.2, -0.15) is 0 Å². The van der Waals surface area contributed by atoms with Crippen molar-refractivity contribution in [3.8, 4) is 0 Å². The molecule has 1 aromatic heterocycles. The summed E-state index contributed by atoms with van der Waals surface area (Å²) in [4.78, 5) is 24.0. The van der Waals surface area contributed by atoms with Gasteiger partial charge in [-0.15, -0.1) is 0 Å². The third-order valence-electron chi connectivity index (χ3n) is 2.06. The smallest absolute Gasteiger partial charge is 0.277 e. The molecule has 0 atom stereocenters. The number of nitrogens with one attached hydrogen (secondary N) is 1. The Bertz CT molecular complexity index is 606. The van der Waals surface area contributed by atoms with Gasteiger partial charge in [0.15, 0.2) is 0 Å². The maximum absolute atomic E-state index is 11.4. The number of hydrogen-bond donors (Lipinski definition) is 1. The van der Waals surface area contributed by atoms with Crippen molar-refractivity contribution in [2.45, 2.75) is 0 Å². The van der Waals surface area contributed by atoms with Crippen LogP contribution in [-0.2, 0) is 0 Å². The van der Waals surface area contributed by atoms with E-state index in [0.29, 0.717) is 0 Å². The lowest BCUT2D eigenvalue weighted by Crippen LogP contribution is -2.06. The van der Waals surface area contributed by atoms with Crippen LogP contribution in [0.1, 0.15) is 0 Å². The molecule has 0 aliphatic rings. The summed E-state index contributed by atoms with van der Waals surface area (Å²) in [6, 6.07) is 4.09. The molecule has 0 unspecified atom stereocenters. The summed E-state index contributed by atoms with van der Waals surface area (Å²) in [7, 11) is 0. The van der Waals surface area contributed by atoms with Crippen LogP contribution >= 0.6 is 11.6 Å². The molecule has 0 amide bonds. The van der Waals surface area contributed by atoms with Crippen LogP contribution in [0.2, 0.25) is 5.02 Å². The first-order valence-electron chi connectivity index (χ1n) is 4.05. The predicted octanol–water partition coefficient (Wildman–Crippen LogP) is 2.09. The number of benzene rings is 1. The molecule has 0 radical (unpaired) electrons. The van der Waals surface area contributed by atoms with Crippen LogP contribution in [0.4, 0.5) is 5.69 Å². The average molecular weight is 225 g/mol. The van der Waals surface area contributed by atoms with E-state index in [1.807, 2.05) is 0 Å². The van der Waals surface area contributed by atoms with Crippen molar-refractivity contribution in [3.63, 3.8) is 0 Å². The first kappa shape index (κ1) is 9.67. The molecular formula is C9H5ClN2O3. The molecule has 6 heteroatoms. The fourth-order valence-corrected chi connectivity index (χ4v) is 1.66. The van der Waals surface area contributed by atoms with Gasteiger partial charge in [0.2, 0.25) is 0 Å². The van der Waals surface area contributed by atoms with E-state index in [1.165, 1.54) is 24.4 Å². The number of halogens is 1. The van der Waals surface area contributed by atoms with Gasteiger partial charge in [0.1, 0.15) is 0 Å². The van der Waals surface area contributed by atoms with Gasteiger partial charge in [-0.3, -0.25) is 14.9 Å². The van der Waals surface area contributed by atoms with Gasteiger partial charge in [0, 0.05) is 12.3 Å². The van der Waals surface area contributed by atoms with Crippen molar-refractivity contribution in [2.24, 2.45) is 0 Å². The van der Waals surface area contributed by atoms with Crippen molar-refractivity contribution in [3.05, 3.63) is 49.9 Å². The molecule has 0 fully saturated rings. The molecule has 1 aromatic carbocycles. The fourth-order valence-electron chi connectivity index (χ4n) is 1.41. The Morgan fingerprint density at radius 1 is 1.33 bits per heavy atom. The van der Waals surface area contributed by atoms with Gasteiger partial charge in [-0.1, -0.05) is 11.6 Å². The average Bonchev–Trinajstić information content (AvgIpc) is 2.17. The first-order valence-corrected chi connectivity index (χ1v) is 4.43. The third-order valence-corrected chi connectivity index (χ3v) is 2.37. The van der Waals surface area contributed by atoms with Crippen LogP contribution in [0, 0.1) is 10.1 Å². The number of non-ortho nitro benzene ring substituents is 1. The van der Waals surface area contributed by atoms with E-state index < -0.39 is 10.5 Å². The molecule has 0 saturated carbocycles. The lowest BCUT2D eigenvalue weighted by molar-refractivity contribution is -0.383. The van der Waals surface area contributed by atoms with Gasteiger partial charge in [0.25, 0.3) is 11.2 Å². The zero-order valence-corrected chi connectivity index (χ0v) is 8.12. The standard InChI is InChI=1S/C9H5ClN2O3/c10-6-1-2-7(12(14)15)5-3-4-11-9(13)8(5)6/h1-4H,(H,11,13). The molecule has 0 spiro atoms. The van der Waals surface area contributed by atoms with Crippen molar-refractivity contribution in [2.75, 3.05) is 0 Å². The maximum atomic E-state index is 11.4. The van der Waals surface area contributed by atoms with E-state index in [2.05, 4.69) is 4.98 Å². The third kappa shape index (κ3) is 1.46. The first-order chi connectivity index (χ1) is 7.11. The van der Waals surface area contributed by atoms with Gasteiger partial charge < -0.3 is 4.98 Å². The fraction of sp³-hybridized carbons (Fsp3) is 0. The van der Waals surface area contributed by atoms with Gasteiger partial charge >= 0.3 is 0 Å². The number of aromatic amines is 1. The van der Waals surface area contributed by atoms with E-state index in [4.69, 9.17) is 11.6 Å². The Labute approximate surface area is 88.5 Å². The van der Waals surface area contributed by atoms with Gasteiger partial charge in [0.05, 0.1) is 20.7 Å². The summed E-state index contributed by atoms with van der Waals surface area (Å²) >= 11 is 5.80. The molecule has 5 nitrogen and oxygen atoms in total. The number of rotatable bonds is 1. The minimum absolute atomic E-state index is 0.125. The summed E-state index contributed by atoms with van der Waals surface area (Å²) in [6.45, 7) is 0. The molecule has 2 rings (SSSR count). The molecule has 76 valence electrons. The Hall–Kier alpha value is -1.88. The molecule has 0 bridgehead atoms. The lowest BCUT2D eigenvalue weighted by atomic mass is 10.1. The Morgan fingerprint density at radius 2 is 2.07 bits per heavy atom. The number of nitro benzene ring substituents is 1. The molecule has 2 aromatic rings. The normalized spacial score (nSPS) is 10.5. The Kier molecular flexibility index (Phi) is 2.17. The second kappa shape index (κ2) is 3.36. The number of fused-ring (bicyclic) bond motifs is 1. The molecular weight excluding hydrogens is 220 g/mol. The maximum Gasteiger partial charge on any atom is 0.277 e. The molecule has 15 heavy (non-hydrogen) atoms. The summed E-state index contributed by atoms with van der Waals surface area (Å²) < 4.78 is 0. The summed E-state index contributed by atoms with van der Waals surface area (Å²) in [5.74, 6) is 0. The highest BCUT2D eigenvalue weighted by Crippen LogP contribution is 2.28. The Balaban J connectivity index is 3.01. The molecule has 0 aliphatic carbocycles. The topological polar surface area (TPSA) is 76.0 Å². The number of aromatic nitrogens is 1. The van der Waals surface area contributed by atoms with Crippen molar-refractivity contribution in [1.82, 2.24) is 4.98 Å². The quantitative estimate of drug-likeness (QED) is 0.595. The minimum Gasteiger partial charge on any atom is -0.329 e. The second-order valence-electron chi connectivity index (χ2n) is 2.92. The Morgan fingerprint density at radius 3 is 2.73 bits per heavy atom. The second-order valence-corrected chi connectivity index (χ2v) is 3.33. The summed E-state index contributed by atoms with van der Waals surface area (Å²) in [5, 5.41) is 11.3. The predicted molar refractivity (Wildman–Crippen MR) is 56.2 cm³/mol. The summed E-state index contributed by atoms with van der Waals surface area (Å²) in [5.41, 5.74) is -0.554. The molecule has 1 N–H and O–H groups in total. The molecule has 0 saturated heterocycles. The number of hydrogen-bond acceptors (Lipinski definition) is 3. The van der Waals surface area contributed by atoms with E-state index in [-0.39, 0.29) is 21.5 Å². The van der Waals surface area contributed by atoms with Crippen molar-refractivity contribution < 1.29 is 4.92 Å². The van der Waals surface area contributed by atoms with Crippen LogP contribution < -0.4 is 5.56 Å². The van der Waals surface area contributed by atoms with E-state index >= 15 is 0 Å². The van der Waals surface area contributed by atoms with E-state index in [9.17, 15) is 14.9 Å². The van der Waals surface area contributed by atoms with Crippen LogP contribution in [0.15, 0.2) is 29.2 Å². The highest BCUT2D eigenvalue weighted by molar-refractivity contribution is 6.35. The number of nitrogens with zero attached hydrogens (tertiary/aromatic N) is 1. The SMILES string of the molecule is O=c1[nH]ccc2c([N+](=O)[O-])ccc(Cl)c12. The highest BCUT2D eigenvalue weighted by atomic mass is 35.5. The largest absolute Gasteiger partial charge is 0.329 e. The number of H-pyrrole nitrogens is 1. The van der Waals surface area contributed by atoms with Crippen LogP contribution in [0.5, 0.6) is 0 Å². The van der Waals surface area contributed by atoms with Crippen molar-refractivity contribution >= 4 is 28.1 Å². The van der Waals surface area contributed by atoms with Crippen molar-refractivity contribution in [1.29, 1.82) is 0 Å². The number of pyridine rings is 1. The highest BCUT2D eigenvalue weighted by Gasteiger charge is 2.15. The zero-order chi connectivity index (χ0) is 11.0. The van der Waals surface area contributed by atoms with Crippen LogP contribution in [0.25, 0.3) is 10.8 Å². The zero-order valence-electron chi connectivity index (χ0n) is 7.36. The van der Waals surface area contributed by atoms with Crippen LogP contribution in [-0.4, -0.2) is 9.91 Å². The van der Waals surface area contributed by atoms with Gasteiger partial charge in [-0.05, 0) is 12.1 Å². The molecule has 1 heterocycles. The minimum atomic E-state index is -0.544. The summed E-state index contributed by atoms with van der Waals surface area (Å²) in [6.07, 6.45) is 1.36. The van der Waals surface area contributed by atoms with Gasteiger partial charge in [-0.25, -0.2) is 0 Å². The van der Waals surface area contributed by atoms with Crippen LogP contribution in [0.3, 0.4) is 0 Å². The van der Waals surface area contributed by atoms with E-state index in [1.54, 1.807) is 0 Å².